The molecule has 0 saturated heterocycles. The summed E-state index contributed by atoms with van der Waals surface area (Å²) in [7, 11) is 0. The molecule has 1 aromatic heterocycles. The number of fused-ring (bicyclic) bond motifs is 1. The van der Waals surface area contributed by atoms with Crippen LogP contribution >= 0.6 is 0 Å². The Morgan fingerprint density at radius 2 is 1.76 bits per heavy atom. The monoisotopic (exact) mass is 335 g/mol. The first-order chi connectivity index (χ1) is 12.0. The zero-order valence-corrected chi connectivity index (χ0v) is 15.7. The van der Waals surface area contributed by atoms with Gasteiger partial charge in [0.2, 0.25) is 0 Å². The SMILES string of the molecule is C=C(CCC)c1c(C)c(C)c(C)c(C)c1Oc1cccc2n[nH]nc12. The Morgan fingerprint density at radius 1 is 1.04 bits per heavy atom. The number of aromatic amines is 1. The summed E-state index contributed by atoms with van der Waals surface area (Å²) in [5, 5.41) is 11.1. The van der Waals surface area contributed by atoms with Crippen LogP contribution in [0.3, 0.4) is 0 Å². The molecule has 0 aliphatic carbocycles. The third-order valence-electron chi connectivity index (χ3n) is 5.06. The zero-order valence-electron chi connectivity index (χ0n) is 15.7. The third-order valence-corrected chi connectivity index (χ3v) is 5.06. The molecule has 4 heteroatoms. The van der Waals surface area contributed by atoms with Gasteiger partial charge in [-0.1, -0.05) is 26.0 Å². The first-order valence-electron chi connectivity index (χ1n) is 8.71. The van der Waals surface area contributed by atoms with E-state index in [0.29, 0.717) is 5.75 Å². The number of rotatable bonds is 5. The molecule has 0 atom stereocenters. The molecule has 130 valence electrons. The van der Waals surface area contributed by atoms with E-state index in [1.165, 1.54) is 16.7 Å². The second kappa shape index (κ2) is 6.71. The van der Waals surface area contributed by atoms with Crippen molar-refractivity contribution in [3.63, 3.8) is 0 Å². The normalized spacial score (nSPS) is 11.1. The van der Waals surface area contributed by atoms with E-state index in [4.69, 9.17) is 4.74 Å². The molecule has 0 saturated carbocycles. The summed E-state index contributed by atoms with van der Waals surface area (Å²) in [6.45, 7) is 15.1. The summed E-state index contributed by atoms with van der Waals surface area (Å²) in [4.78, 5) is 0. The topological polar surface area (TPSA) is 50.8 Å². The van der Waals surface area contributed by atoms with Crippen molar-refractivity contribution in [2.45, 2.75) is 47.5 Å². The molecule has 0 aliphatic rings. The van der Waals surface area contributed by atoms with Crippen LogP contribution in [0.15, 0.2) is 24.8 Å². The van der Waals surface area contributed by atoms with Crippen molar-refractivity contribution in [1.29, 1.82) is 0 Å². The Morgan fingerprint density at radius 3 is 2.48 bits per heavy atom. The number of allylic oxidation sites excluding steroid dienone is 1. The maximum atomic E-state index is 6.41. The molecule has 0 aliphatic heterocycles. The van der Waals surface area contributed by atoms with Crippen LogP contribution in [0.4, 0.5) is 0 Å². The molecule has 0 amide bonds. The summed E-state index contributed by atoms with van der Waals surface area (Å²) < 4.78 is 6.41. The molecule has 0 fully saturated rings. The highest BCUT2D eigenvalue weighted by Crippen LogP contribution is 2.41. The first-order valence-corrected chi connectivity index (χ1v) is 8.71. The minimum atomic E-state index is 0.711. The van der Waals surface area contributed by atoms with Crippen LogP contribution in [-0.2, 0) is 0 Å². The van der Waals surface area contributed by atoms with Crippen LogP contribution in [0, 0.1) is 27.7 Å². The minimum absolute atomic E-state index is 0.711. The van der Waals surface area contributed by atoms with Crippen LogP contribution in [-0.4, -0.2) is 15.4 Å². The molecule has 3 aromatic rings. The van der Waals surface area contributed by atoms with E-state index >= 15 is 0 Å². The van der Waals surface area contributed by atoms with Crippen molar-refractivity contribution >= 4 is 16.6 Å². The fraction of sp³-hybridized carbons (Fsp3) is 0.333. The predicted molar refractivity (Wildman–Crippen MR) is 103 cm³/mol. The zero-order chi connectivity index (χ0) is 18.1. The van der Waals surface area contributed by atoms with Crippen molar-refractivity contribution in [2.75, 3.05) is 0 Å². The Kier molecular flexibility index (Phi) is 4.62. The van der Waals surface area contributed by atoms with E-state index < -0.39 is 0 Å². The number of para-hydroxylation sites is 1. The van der Waals surface area contributed by atoms with Gasteiger partial charge in [-0.3, -0.25) is 0 Å². The molecule has 0 spiro atoms. The maximum Gasteiger partial charge on any atom is 0.157 e. The average molecular weight is 335 g/mol. The van der Waals surface area contributed by atoms with E-state index in [9.17, 15) is 0 Å². The molecule has 1 heterocycles. The Hall–Kier alpha value is -2.62. The van der Waals surface area contributed by atoms with Crippen LogP contribution in [0.1, 0.15) is 47.6 Å². The molecule has 25 heavy (non-hydrogen) atoms. The van der Waals surface area contributed by atoms with Crippen LogP contribution in [0.2, 0.25) is 0 Å². The molecule has 1 N–H and O–H groups in total. The summed E-state index contributed by atoms with van der Waals surface area (Å²) in [5.74, 6) is 1.59. The maximum absolute atomic E-state index is 6.41. The molecule has 0 unspecified atom stereocenters. The minimum Gasteiger partial charge on any atom is -0.454 e. The Bertz CT molecular complexity index is 953. The second-order valence-electron chi connectivity index (χ2n) is 6.61. The van der Waals surface area contributed by atoms with Gasteiger partial charge < -0.3 is 4.74 Å². The van der Waals surface area contributed by atoms with Gasteiger partial charge in [0, 0.05) is 5.56 Å². The lowest BCUT2D eigenvalue weighted by molar-refractivity contribution is 0.480. The number of ether oxygens (including phenoxy) is 1. The van der Waals surface area contributed by atoms with Gasteiger partial charge in [-0.05, 0) is 74.1 Å². The Labute approximate surface area is 148 Å². The van der Waals surface area contributed by atoms with Crippen molar-refractivity contribution < 1.29 is 4.74 Å². The fourth-order valence-electron chi connectivity index (χ4n) is 3.29. The Balaban J connectivity index is 2.20. The van der Waals surface area contributed by atoms with Crippen molar-refractivity contribution in [3.8, 4) is 11.5 Å². The second-order valence-corrected chi connectivity index (χ2v) is 6.61. The molecule has 3 rings (SSSR count). The molecule has 0 radical (unpaired) electrons. The number of benzene rings is 2. The number of hydrogen-bond donors (Lipinski definition) is 1. The number of nitrogens with one attached hydrogen (secondary N) is 1. The largest absolute Gasteiger partial charge is 0.454 e. The predicted octanol–water partition coefficient (Wildman–Crippen LogP) is 5.80. The first kappa shape index (κ1) is 17.2. The highest BCUT2D eigenvalue weighted by Gasteiger charge is 2.20. The van der Waals surface area contributed by atoms with Gasteiger partial charge in [-0.2, -0.15) is 15.4 Å². The quantitative estimate of drug-likeness (QED) is 0.641. The van der Waals surface area contributed by atoms with Gasteiger partial charge in [0.1, 0.15) is 11.3 Å². The molecule has 0 bridgehead atoms. The van der Waals surface area contributed by atoms with Crippen molar-refractivity contribution in [1.82, 2.24) is 15.4 Å². The number of aromatic nitrogens is 3. The van der Waals surface area contributed by atoms with Crippen LogP contribution in [0.5, 0.6) is 11.5 Å². The van der Waals surface area contributed by atoms with E-state index in [1.807, 2.05) is 18.2 Å². The molecule has 2 aromatic carbocycles. The average Bonchev–Trinajstić information content (AvgIpc) is 3.07. The number of nitrogens with zero attached hydrogens (tertiary/aromatic N) is 2. The van der Waals surface area contributed by atoms with E-state index in [-0.39, 0.29) is 0 Å². The number of hydrogen-bond acceptors (Lipinski definition) is 3. The summed E-state index contributed by atoms with van der Waals surface area (Å²) >= 11 is 0. The third kappa shape index (κ3) is 2.93. The molecule has 4 nitrogen and oxygen atoms in total. The smallest absolute Gasteiger partial charge is 0.157 e. The lowest BCUT2D eigenvalue weighted by Crippen LogP contribution is -2.03. The van der Waals surface area contributed by atoms with Gasteiger partial charge >= 0.3 is 0 Å². The van der Waals surface area contributed by atoms with Crippen molar-refractivity contribution in [2.24, 2.45) is 0 Å². The highest BCUT2D eigenvalue weighted by molar-refractivity contribution is 5.82. The lowest BCUT2D eigenvalue weighted by atomic mass is 9.88. The summed E-state index contributed by atoms with van der Waals surface area (Å²) in [5.41, 5.74) is 8.73. The van der Waals surface area contributed by atoms with Crippen LogP contribution < -0.4 is 4.74 Å². The van der Waals surface area contributed by atoms with Gasteiger partial charge in [-0.25, -0.2) is 0 Å². The number of H-pyrrole nitrogens is 1. The standard InChI is InChI=1S/C21H25N3O/c1-7-9-12(2)19-15(5)13(3)14(4)16(6)21(19)25-18-11-8-10-17-20(18)23-24-22-17/h8,10-11H,2,7,9H2,1,3-6H3,(H,22,23,24). The molecular formula is C21H25N3O. The molecular weight excluding hydrogens is 310 g/mol. The van der Waals surface area contributed by atoms with Crippen LogP contribution in [0.25, 0.3) is 16.6 Å². The highest BCUT2D eigenvalue weighted by atomic mass is 16.5. The van der Waals surface area contributed by atoms with Gasteiger partial charge in [0.25, 0.3) is 0 Å². The fourth-order valence-corrected chi connectivity index (χ4v) is 3.29. The van der Waals surface area contributed by atoms with Gasteiger partial charge in [0.15, 0.2) is 11.3 Å². The van der Waals surface area contributed by atoms with Crippen molar-refractivity contribution in [3.05, 3.63) is 52.6 Å². The van der Waals surface area contributed by atoms with E-state index in [1.54, 1.807) is 0 Å². The lowest BCUT2D eigenvalue weighted by Gasteiger charge is -2.22. The summed E-state index contributed by atoms with van der Waals surface area (Å²) in [6, 6.07) is 5.78. The van der Waals surface area contributed by atoms with Gasteiger partial charge in [-0.15, -0.1) is 0 Å². The summed E-state index contributed by atoms with van der Waals surface area (Å²) in [6.07, 6.45) is 2.01. The van der Waals surface area contributed by atoms with Gasteiger partial charge in [0.05, 0.1) is 0 Å². The van der Waals surface area contributed by atoms with E-state index in [2.05, 4.69) is 56.6 Å². The van der Waals surface area contributed by atoms with E-state index in [0.717, 1.165) is 46.3 Å².